The first-order chi connectivity index (χ1) is 18.6. The second-order valence-corrected chi connectivity index (χ2v) is 10.2. The molecule has 2 fully saturated rings. The van der Waals surface area contributed by atoms with Gasteiger partial charge in [-0.3, -0.25) is 9.69 Å². The first-order valence-corrected chi connectivity index (χ1v) is 13.2. The second-order valence-electron chi connectivity index (χ2n) is 10.2. The molecule has 0 aliphatic carbocycles. The molecule has 2 atom stereocenters. The van der Waals surface area contributed by atoms with Gasteiger partial charge in [-0.2, -0.15) is 13.2 Å². The molecule has 1 aromatic carbocycles. The fourth-order valence-electron chi connectivity index (χ4n) is 5.29. The Morgan fingerprint density at radius 2 is 1.74 bits per heavy atom. The number of aliphatic hydroxyl groups excluding tert-OH is 1. The predicted octanol–water partition coefficient (Wildman–Crippen LogP) is 2.55. The lowest BCUT2D eigenvalue weighted by Crippen LogP contribution is -2.59. The maximum atomic E-state index is 14.2. The van der Waals surface area contributed by atoms with Gasteiger partial charge in [-0.15, -0.1) is 0 Å². The van der Waals surface area contributed by atoms with Gasteiger partial charge in [0.15, 0.2) is 11.5 Å². The van der Waals surface area contributed by atoms with E-state index in [1.165, 1.54) is 6.08 Å². The van der Waals surface area contributed by atoms with E-state index in [1.54, 1.807) is 37.3 Å². The Hall–Kier alpha value is -3.29. The highest BCUT2D eigenvalue weighted by molar-refractivity contribution is 6.24. The fourth-order valence-corrected chi connectivity index (χ4v) is 5.29. The van der Waals surface area contributed by atoms with E-state index in [1.807, 2.05) is 16.7 Å². The van der Waals surface area contributed by atoms with Crippen molar-refractivity contribution in [3.05, 3.63) is 36.4 Å². The summed E-state index contributed by atoms with van der Waals surface area (Å²) >= 11 is 0. The quantitative estimate of drug-likeness (QED) is 0.571. The summed E-state index contributed by atoms with van der Waals surface area (Å²) in [6.45, 7) is 7.87. The Bertz CT molecular complexity index is 1200. The summed E-state index contributed by atoms with van der Waals surface area (Å²) in [5.74, 6) is -0.0984. The Labute approximate surface area is 224 Å². The molecule has 2 unspecified atom stereocenters. The Kier molecular flexibility index (Phi) is 7.49. The van der Waals surface area contributed by atoms with Gasteiger partial charge in [-0.1, -0.05) is 14.8 Å². The van der Waals surface area contributed by atoms with Crippen LogP contribution in [0.5, 0.6) is 5.75 Å². The average Bonchev–Trinajstić information content (AvgIpc) is 3.33. The average molecular weight is 549 g/mol. The summed E-state index contributed by atoms with van der Waals surface area (Å²) in [7, 11) is 0. The van der Waals surface area contributed by atoms with Gasteiger partial charge in [0.05, 0.1) is 6.10 Å². The van der Waals surface area contributed by atoms with Crippen molar-refractivity contribution in [3.63, 3.8) is 0 Å². The van der Waals surface area contributed by atoms with Crippen LogP contribution in [0.2, 0.25) is 0 Å². The van der Waals surface area contributed by atoms with Crippen LogP contribution in [0.3, 0.4) is 0 Å². The van der Waals surface area contributed by atoms with E-state index < -0.39 is 22.7 Å². The van der Waals surface area contributed by atoms with Gasteiger partial charge in [0.25, 0.3) is 5.84 Å². The third kappa shape index (κ3) is 5.43. The zero-order chi connectivity index (χ0) is 27.8. The molecule has 4 aliphatic rings. The van der Waals surface area contributed by atoms with E-state index in [4.69, 9.17) is 4.74 Å². The molecular weight excluding hydrogens is 515 g/mol. The number of amidine groups is 3. The lowest BCUT2D eigenvalue weighted by molar-refractivity contribution is -0.130. The van der Waals surface area contributed by atoms with Crippen molar-refractivity contribution in [3.8, 4) is 5.75 Å². The first-order valence-electron chi connectivity index (χ1n) is 13.2. The third-order valence-electron chi connectivity index (χ3n) is 7.65. The van der Waals surface area contributed by atoms with Crippen LogP contribution in [0.4, 0.5) is 18.9 Å². The molecule has 0 bridgehead atoms. The molecule has 0 radical (unpaired) electrons. The van der Waals surface area contributed by atoms with Crippen LogP contribution in [-0.4, -0.2) is 107 Å². The lowest BCUT2D eigenvalue weighted by Gasteiger charge is -2.37. The number of piperidine rings is 1. The number of carbonyl (C=O) groups is 1. The van der Waals surface area contributed by atoms with Crippen LogP contribution in [0.1, 0.15) is 26.7 Å². The second kappa shape index (κ2) is 10.7. The van der Waals surface area contributed by atoms with Crippen LogP contribution in [0.15, 0.2) is 51.7 Å². The Balaban J connectivity index is 1.33. The topological polar surface area (TPSA) is 93.3 Å². The summed E-state index contributed by atoms with van der Waals surface area (Å²) in [4.78, 5) is 17.5. The largest absolute Gasteiger partial charge is 0.492 e. The molecule has 4 heterocycles. The fraction of sp³-hybridized carbons (Fsp3) is 0.538. The zero-order valence-electron chi connectivity index (χ0n) is 22.0. The lowest BCUT2D eigenvalue weighted by atomic mass is 10.1. The molecule has 210 valence electrons. The molecule has 1 N–H and O–H groups in total. The van der Waals surface area contributed by atoms with Crippen molar-refractivity contribution in [1.29, 1.82) is 0 Å². The normalized spacial score (nSPS) is 25.1. The highest BCUT2D eigenvalue weighted by Gasteiger charge is 2.61. The summed E-state index contributed by atoms with van der Waals surface area (Å²) in [5, 5.41) is 21.8. The number of piperazine rings is 1. The molecule has 5 rings (SSSR count). The van der Waals surface area contributed by atoms with Crippen molar-refractivity contribution >= 4 is 29.1 Å². The summed E-state index contributed by atoms with van der Waals surface area (Å²) in [6.07, 6.45) is -0.977. The highest BCUT2D eigenvalue weighted by atomic mass is 19.4. The van der Waals surface area contributed by atoms with Gasteiger partial charge in [0, 0.05) is 70.4 Å². The third-order valence-corrected chi connectivity index (χ3v) is 7.65. The minimum atomic E-state index is -4.76. The number of aliphatic hydroxyl groups is 1. The number of fused-ring (bicyclic) bond motifs is 1. The Morgan fingerprint density at radius 3 is 2.36 bits per heavy atom. The summed E-state index contributed by atoms with van der Waals surface area (Å²) in [5.41, 5.74) is 0.238. The van der Waals surface area contributed by atoms with Crippen LogP contribution in [0.25, 0.3) is 0 Å². The van der Waals surface area contributed by atoms with Gasteiger partial charge in [-0.05, 0) is 43.1 Å². The smallest absolute Gasteiger partial charge is 0.492 e. The number of quaternary nitrogens is 1. The Morgan fingerprint density at radius 1 is 1.08 bits per heavy atom. The van der Waals surface area contributed by atoms with Gasteiger partial charge in [-0.25, -0.2) is 0 Å². The molecule has 1 amide bonds. The van der Waals surface area contributed by atoms with E-state index in [-0.39, 0.29) is 23.5 Å². The molecule has 1 aromatic rings. The maximum Gasteiger partial charge on any atom is 0.492 e. The number of benzene rings is 1. The SMILES string of the molecule is CC(=O)N1CCN(C(C)COc2ccc([N+]34N=C(N5CCC(O)CC5)C=CC3=NN=C4C(F)(F)F)cc2)CC1. The van der Waals surface area contributed by atoms with Crippen molar-refractivity contribution in [2.75, 3.05) is 45.9 Å². The molecule has 2 saturated heterocycles. The van der Waals surface area contributed by atoms with Gasteiger partial charge in [0.2, 0.25) is 5.91 Å². The van der Waals surface area contributed by atoms with E-state index in [2.05, 4.69) is 20.2 Å². The van der Waals surface area contributed by atoms with Crippen molar-refractivity contribution in [2.24, 2.45) is 15.3 Å². The highest BCUT2D eigenvalue weighted by Crippen LogP contribution is 2.39. The number of alkyl halides is 3. The minimum Gasteiger partial charge on any atom is -0.492 e. The summed E-state index contributed by atoms with van der Waals surface area (Å²) in [6, 6.07) is 6.50. The molecular formula is C26H33F3N7O3+. The number of ether oxygens (including phenoxy) is 1. The minimum absolute atomic E-state index is 0.0510. The standard InChI is InChI=1S/C26H33F3N7O3/c1-18(33-13-15-34(16-14-33)19(2)37)17-39-22-5-3-20(4-6-22)36-24(30-31-25(36)26(27,28)29)8-7-23(32-36)35-11-9-21(38)10-12-35/h3-8,18,21,38H,9-17H2,1-2H3/q+1. The summed E-state index contributed by atoms with van der Waals surface area (Å²) < 4.78 is 47.6. The van der Waals surface area contributed by atoms with Crippen LogP contribution in [-0.2, 0) is 4.79 Å². The molecule has 0 saturated carbocycles. The van der Waals surface area contributed by atoms with Crippen LogP contribution < -0.4 is 9.33 Å². The van der Waals surface area contributed by atoms with E-state index in [0.29, 0.717) is 57.2 Å². The number of hydrogen-bond acceptors (Lipinski definition) is 8. The molecule has 13 heteroatoms. The van der Waals surface area contributed by atoms with Crippen molar-refractivity contribution in [2.45, 2.75) is 45.0 Å². The molecule has 0 aromatic heterocycles. The van der Waals surface area contributed by atoms with Crippen LogP contribution in [0, 0.1) is 0 Å². The molecule has 10 nitrogen and oxygen atoms in total. The number of hydrogen-bond donors (Lipinski definition) is 1. The number of amides is 1. The predicted molar refractivity (Wildman–Crippen MR) is 141 cm³/mol. The van der Waals surface area contributed by atoms with Crippen LogP contribution >= 0.6 is 0 Å². The van der Waals surface area contributed by atoms with E-state index in [0.717, 1.165) is 13.1 Å². The van der Waals surface area contributed by atoms with E-state index in [9.17, 15) is 23.1 Å². The number of halogens is 3. The van der Waals surface area contributed by atoms with Gasteiger partial charge in [0.1, 0.15) is 12.4 Å². The maximum absolute atomic E-state index is 14.2. The first kappa shape index (κ1) is 27.3. The number of carbonyl (C=O) groups excluding carboxylic acids is 1. The van der Waals surface area contributed by atoms with Gasteiger partial charge >= 0.3 is 12.0 Å². The zero-order valence-corrected chi connectivity index (χ0v) is 22.0. The van der Waals surface area contributed by atoms with Gasteiger partial charge < -0.3 is 19.6 Å². The number of likely N-dealkylation sites (tertiary alicyclic amines) is 1. The van der Waals surface area contributed by atoms with E-state index >= 15 is 0 Å². The molecule has 0 spiro atoms. The molecule has 4 aliphatic heterocycles. The number of rotatable bonds is 5. The molecule has 39 heavy (non-hydrogen) atoms. The number of nitrogens with zero attached hydrogens (tertiary/aromatic N) is 7. The van der Waals surface area contributed by atoms with Crippen molar-refractivity contribution in [1.82, 2.24) is 19.3 Å². The van der Waals surface area contributed by atoms with Crippen molar-refractivity contribution < 1.29 is 27.8 Å². The monoisotopic (exact) mass is 548 g/mol.